The van der Waals surface area contributed by atoms with Crippen molar-refractivity contribution in [1.82, 2.24) is 10.4 Å². The fraction of sp³-hybridized carbons (Fsp3) is 0.250. The largest absolute Gasteiger partial charge is 0.443 e. The van der Waals surface area contributed by atoms with Crippen LogP contribution in [-0.4, -0.2) is 4.98 Å². The number of benzene rings is 1. The van der Waals surface area contributed by atoms with E-state index in [0.29, 0.717) is 31.8 Å². The van der Waals surface area contributed by atoms with Gasteiger partial charge in [0.05, 0.1) is 6.04 Å². The lowest BCUT2D eigenvalue weighted by atomic mass is 10.1. The summed E-state index contributed by atoms with van der Waals surface area (Å²) in [7, 11) is 0. The molecule has 0 aliphatic heterocycles. The van der Waals surface area contributed by atoms with Gasteiger partial charge in [0.25, 0.3) is 0 Å². The van der Waals surface area contributed by atoms with Crippen molar-refractivity contribution in [3.05, 3.63) is 49.9 Å². The van der Waals surface area contributed by atoms with Crippen LogP contribution in [0, 0.1) is 0 Å². The minimum Gasteiger partial charge on any atom is -0.271 e. The molecule has 2 rings (SSSR count). The van der Waals surface area contributed by atoms with Gasteiger partial charge in [0, 0.05) is 21.1 Å². The zero-order valence-electron chi connectivity index (χ0n) is 10.4. The number of nitrogens with one attached hydrogen (secondary N) is 1. The molecular formula is C12H10Cl2F3N3S. The first-order chi connectivity index (χ1) is 9.82. The Labute approximate surface area is 132 Å². The maximum Gasteiger partial charge on any atom is 0.443 e. The van der Waals surface area contributed by atoms with E-state index in [9.17, 15) is 13.2 Å². The highest BCUT2D eigenvalue weighted by Gasteiger charge is 2.35. The minimum absolute atomic E-state index is 0.258. The van der Waals surface area contributed by atoms with Gasteiger partial charge in [-0.2, -0.15) is 13.2 Å². The monoisotopic (exact) mass is 355 g/mol. The summed E-state index contributed by atoms with van der Waals surface area (Å²) in [6.45, 7) is 0. The summed E-state index contributed by atoms with van der Waals surface area (Å²) < 4.78 is 37.7. The average molecular weight is 356 g/mol. The lowest BCUT2D eigenvalue weighted by Crippen LogP contribution is -2.29. The van der Waals surface area contributed by atoms with Crippen molar-refractivity contribution in [2.24, 2.45) is 5.84 Å². The molecule has 0 fully saturated rings. The number of thiazole rings is 1. The normalized spacial score (nSPS) is 13.4. The van der Waals surface area contributed by atoms with E-state index < -0.39 is 17.2 Å². The van der Waals surface area contributed by atoms with E-state index in [4.69, 9.17) is 29.0 Å². The summed E-state index contributed by atoms with van der Waals surface area (Å²) in [6, 6.07) is 4.44. The molecule has 0 aliphatic rings. The van der Waals surface area contributed by atoms with Crippen molar-refractivity contribution in [2.75, 3.05) is 0 Å². The summed E-state index contributed by atoms with van der Waals surface area (Å²) in [5, 5.41) is -0.0466. The Kier molecular flexibility index (Phi) is 5.11. The van der Waals surface area contributed by atoms with Gasteiger partial charge in [-0.05, 0) is 24.1 Å². The second-order valence-corrected chi connectivity index (χ2v) is 6.07. The molecular weight excluding hydrogens is 346 g/mol. The summed E-state index contributed by atoms with van der Waals surface area (Å²) >= 11 is 12.6. The zero-order valence-corrected chi connectivity index (χ0v) is 12.7. The third-order valence-electron chi connectivity index (χ3n) is 2.78. The second kappa shape index (κ2) is 6.50. The van der Waals surface area contributed by atoms with Crippen LogP contribution in [0.5, 0.6) is 0 Å². The molecule has 9 heteroatoms. The van der Waals surface area contributed by atoms with Gasteiger partial charge < -0.3 is 0 Å². The Morgan fingerprint density at radius 2 is 1.90 bits per heavy atom. The third-order valence-corrected chi connectivity index (χ3v) is 4.64. The van der Waals surface area contributed by atoms with E-state index in [1.54, 1.807) is 18.2 Å². The topological polar surface area (TPSA) is 50.9 Å². The molecule has 1 heterocycles. The van der Waals surface area contributed by atoms with Crippen LogP contribution in [0.15, 0.2) is 24.4 Å². The smallest absolute Gasteiger partial charge is 0.271 e. The first kappa shape index (κ1) is 16.5. The first-order valence-corrected chi connectivity index (χ1v) is 7.32. The van der Waals surface area contributed by atoms with Crippen LogP contribution >= 0.6 is 34.5 Å². The van der Waals surface area contributed by atoms with Gasteiger partial charge in [-0.15, -0.1) is 11.3 Å². The van der Waals surface area contributed by atoms with Crippen molar-refractivity contribution in [1.29, 1.82) is 0 Å². The Morgan fingerprint density at radius 1 is 1.29 bits per heavy atom. The standard InChI is InChI=1S/C12H10Cl2F3N3S/c13-7-2-1-3-8(14)6(7)4-9(20-18)10-5-19-11(21-10)12(15,16)17/h1-3,5,9,20H,4,18H2. The van der Waals surface area contributed by atoms with Gasteiger partial charge in [0.1, 0.15) is 0 Å². The molecule has 3 N–H and O–H groups in total. The predicted molar refractivity (Wildman–Crippen MR) is 77.3 cm³/mol. The number of nitrogens with zero attached hydrogens (tertiary/aromatic N) is 1. The van der Waals surface area contributed by atoms with Crippen LogP contribution in [0.25, 0.3) is 0 Å². The molecule has 1 atom stereocenters. The van der Waals surface area contributed by atoms with Crippen LogP contribution in [0.3, 0.4) is 0 Å². The molecule has 1 unspecified atom stereocenters. The number of aromatic nitrogens is 1. The Balaban J connectivity index is 2.26. The molecule has 0 saturated carbocycles. The van der Waals surface area contributed by atoms with Crippen molar-refractivity contribution >= 4 is 34.5 Å². The lowest BCUT2D eigenvalue weighted by Gasteiger charge is -2.15. The van der Waals surface area contributed by atoms with Gasteiger partial charge >= 0.3 is 6.18 Å². The summed E-state index contributed by atoms with van der Waals surface area (Å²) in [6.07, 6.45) is -3.05. The molecule has 0 bridgehead atoms. The van der Waals surface area contributed by atoms with Gasteiger partial charge in [0.15, 0.2) is 5.01 Å². The van der Waals surface area contributed by atoms with Crippen LogP contribution in [0.1, 0.15) is 21.5 Å². The van der Waals surface area contributed by atoms with Crippen LogP contribution in [-0.2, 0) is 12.6 Å². The van der Waals surface area contributed by atoms with Crippen LogP contribution in [0.2, 0.25) is 10.0 Å². The van der Waals surface area contributed by atoms with Crippen molar-refractivity contribution in [3.8, 4) is 0 Å². The SMILES string of the molecule is NNC(Cc1c(Cl)cccc1Cl)c1cnc(C(F)(F)F)s1. The molecule has 3 nitrogen and oxygen atoms in total. The minimum atomic E-state index is -4.47. The van der Waals surface area contributed by atoms with Gasteiger partial charge in [-0.1, -0.05) is 29.3 Å². The lowest BCUT2D eigenvalue weighted by molar-refractivity contribution is -0.137. The van der Waals surface area contributed by atoms with Crippen molar-refractivity contribution in [3.63, 3.8) is 0 Å². The Bertz CT molecular complexity index is 610. The maximum absolute atomic E-state index is 12.6. The number of nitrogens with two attached hydrogens (primary N) is 1. The highest BCUT2D eigenvalue weighted by atomic mass is 35.5. The van der Waals surface area contributed by atoms with Crippen LogP contribution in [0.4, 0.5) is 13.2 Å². The van der Waals surface area contributed by atoms with E-state index in [1.165, 1.54) is 0 Å². The molecule has 21 heavy (non-hydrogen) atoms. The maximum atomic E-state index is 12.6. The molecule has 0 aliphatic carbocycles. The van der Waals surface area contributed by atoms with E-state index in [1.807, 2.05) is 0 Å². The molecule has 1 aromatic heterocycles. The highest BCUT2D eigenvalue weighted by Crippen LogP contribution is 2.36. The highest BCUT2D eigenvalue weighted by molar-refractivity contribution is 7.11. The summed E-state index contributed by atoms with van der Waals surface area (Å²) in [5.41, 5.74) is 3.09. The Hall–Kier alpha value is -0.860. The summed E-state index contributed by atoms with van der Waals surface area (Å²) in [5.74, 6) is 5.43. The predicted octanol–water partition coefficient (Wildman–Crippen LogP) is 4.22. The molecule has 0 amide bonds. The van der Waals surface area contributed by atoms with Gasteiger partial charge in [-0.3, -0.25) is 11.3 Å². The van der Waals surface area contributed by atoms with Crippen molar-refractivity contribution in [2.45, 2.75) is 18.6 Å². The van der Waals surface area contributed by atoms with Crippen molar-refractivity contribution < 1.29 is 13.2 Å². The molecule has 1 aromatic carbocycles. The average Bonchev–Trinajstić information content (AvgIpc) is 2.88. The van der Waals surface area contributed by atoms with Gasteiger partial charge in [-0.25, -0.2) is 4.98 Å². The fourth-order valence-electron chi connectivity index (χ4n) is 1.75. The number of hydrazine groups is 1. The molecule has 114 valence electrons. The molecule has 0 spiro atoms. The van der Waals surface area contributed by atoms with E-state index in [0.717, 1.165) is 6.20 Å². The number of hydrogen-bond acceptors (Lipinski definition) is 4. The quantitative estimate of drug-likeness (QED) is 0.637. The van der Waals surface area contributed by atoms with E-state index in [2.05, 4.69) is 10.4 Å². The second-order valence-electron chi connectivity index (χ2n) is 4.19. The van der Waals surface area contributed by atoms with E-state index in [-0.39, 0.29) is 6.42 Å². The number of rotatable bonds is 4. The summed E-state index contributed by atoms with van der Waals surface area (Å²) in [4.78, 5) is 3.74. The fourth-order valence-corrected chi connectivity index (χ4v) is 3.15. The Morgan fingerprint density at radius 3 is 2.38 bits per heavy atom. The third kappa shape index (κ3) is 3.87. The van der Waals surface area contributed by atoms with E-state index >= 15 is 0 Å². The molecule has 0 radical (unpaired) electrons. The number of halogens is 5. The number of hydrogen-bond donors (Lipinski definition) is 2. The zero-order chi connectivity index (χ0) is 15.6. The molecule has 0 saturated heterocycles. The van der Waals surface area contributed by atoms with Crippen LogP contribution < -0.4 is 11.3 Å². The van der Waals surface area contributed by atoms with Gasteiger partial charge in [0.2, 0.25) is 0 Å². The molecule has 2 aromatic rings. The number of alkyl halides is 3. The first-order valence-electron chi connectivity index (χ1n) is 5.75.